The average molecular weight is 287 g/mol. The van der Waals surface area contributed by atoms with Crippen molar-refractivity contribution >= 4 is 33.1 Å². The highest BCUT2D eigenvalue weighted by Crippen LogP contribution is 2.40. The molecule has 0 saturated heterocycles. The van der Waals surface area contributed by atoms with Crippen LogP contribution in [0.15, 0.2) is 36.4 Å². The SMILES string of the molecule is COc1ccc2c(ccc3c(Cl)c(C)ccc32)c1OC. The molecule has 3 aromatic rings. The summed E-state index contributed by atoms with van der Waals surface area (Å²) >= 11 is 6.40. The van der Waals surface area contributed by atoms with Gasteiger partial charge in [-0.05, 0) is 41.5 Å². The van der Waals surface area contributed by atoms with Gasteiger partial charge in [-0.15, -0.1) is 0 Å². The highest BCUT2D eigenvalue weighted by molar-refractivity contribution is 6.37. The van der Waals surface area contributed by atoms with Crippen LogP contribution in [0.1, 0.15) is 5.56 Å². The van der Waals surface area contributed by atoms with Crippen molar-refractivity contribution in [3.63, 3.8) is 0 Å². The molecule has 0 unspecified atom stereocenters. The van der Waals surface area contributed by atoms with E-state index in [-0.39, 0.29) is 0 Å². The predicted molar refractivity (Wildman–Crippen MR) is 84.3 cm³/mol. The highest BCUT2D eigenvalue weighted by Gasteiger charge is 2.12. The number of aryl methyl sites for hydroxylation is 1. The molecule has 0 aliphatic carbocycles. The lowest BCUT2D eigenvalue weighted by atomic mass is 9.99. The molecule has 0 aliphatic heterocycles. The van der Waals surface area contributed by atoms with Gasteiger partial charge in [0.15, 0.2) is 11.5 Å². The van der Waals surface area contributed by atoms with Crippen molar-refractivity contribution in [2.75, 3.05) is 14.2 Å². The molecule has 0 N–H and O–H groups in total. The standard InChI is InChI=1S/C17H15ClO2/c1-10-4-5-11-12-8-9-15(19-2)17(20-3)14(12)7-6-13(11)16(10)18/h4-9H,1-3H3. The molecular weight excluding hydrogens is 272 g/mol. The first-order chi connectivity index (χ1) is 9.67. The Bertz CT molecular complexity index is 809. The Balaban J connectivity index is 2.47. The number of methoxy groups -OCH3 is 2. The first kappa shape index (κ1) is 13.1. The number of ether oxygens (including phenoxy) is 2. The molecule has 0 fully saturated rings. The third-order valence-electron chi connectivity index (χ3n) is 3.66. The Hall–Kier alpha value is -1.93. The lowest BCUT2D eigenvalue weighted by molar-refractivity contribution is 0.358. The molecule has 0 heterocycles. The van der Waals surface area contributed by atoms with Gasteiger partial charge in [-0.2, -0.15) is 0 Å². The van der Waals surface area contributed by atoms with Crippen LogP contribution >= 0.6 is 11.6 Å². The zero-order valence-electron chi connectivity index (χ0n) is 11.7. The van der Waals surface area contributed by atoms with Gasteiger partial charge >= 0.3 is 0 Å². The van der Waals surface area contributed by atoms with E-state index < -0.39 is 0 Å². The van der Waals surface area contributed by atoms with Crippen LogP contribution < -0.4 is 9.47 Å². The molecule has 0 atom stereocenters. The van der Waals surface area contributed by atoms with E-state index in [1.54, 1.807) is 14.2 Å². The maximum atomic E-state index is 6.40. The molecule has 0 amide bonds. The fraction of sp³-hybridized carbons (Fsp3) is 0.176. The predicted octanol–water partition coefficient (Wildman–Crippen LogP) is 4.97. The number of halogens is 1. The summed E-state index contributed by atoms with van der Waals surface area (Å²) in [5.74, 6) is 1.49. The molecule has 0 aliphatic rings. The van der Waals surface area contributed by atoms with Crippen molar-refractivity contribution in [1.29, 1.82) is 0 Å². The van der Waals surface area contributed by atoms with E-state index >= 15 is 0 Å². The van der Waals surface area contributed by atoms with E-state index in [0.29, 0.717) is 0 Å². The van der Waals surface area contributed by atoms with Gasteiger partial charge < -0.3 is 9.47 Å². The van der Waals surface area contributed by atoms with E-state index in [2.05, 4.69) is 6.07 Å². The second-order valence-electron chi connectivity index (χ2n) is 4.75. The van der Waals surface area contributed by atoms with Gasteiger partial charge in [-0.25, -0.2) is 0 Å². The van der Waals surface area contributed by atoms with E-state index in [0.717, 1.165) is 43.6 Å². The Morgan fingerprint density at radius 1 is 0.750 bits per heavy atom. The van der Waals surface area contributed by atoms with Gasteiger partial charge in [0.25, 0.3) is 0 Å². The Labute approximate surface area is 122 Å². The van der Waals surface area contributed by atoms with Gasteiger partial charge in [0.05, 0.1) is 19.2 Å². The van der Waals surface area contributed by atoms with Crippen molar-refractivity contribution in [2.24, 2.45) is 0 Å². The zero-order chi connectivity index (χ0) is 14.3. The minimum Gasteiger partial charge on any atom is -0.493 e. The molecule has 102 valence electrons. The molecule has 2 nitrogen and oxygen atoms in total. The Kier molecular flexibility index (Phi) is 3.19. The summed E-state index contributed by atoms with van der Waals surface area (Å²) in [7, 11) is 3.30. The van der Waals surface area contributed by atoms with Crippen LogP contribution in [0.5, 0.6) is 11.5 Å². The normalized spacial score (nSPS) is 11.0. The molecule has 20 heavy (non-hydrogen) atoms. The fourth-order valence-corrected chi connectivity index (χ4v) is 2.85. The van der Waals surface area contributed by atoms with Crippen molar-refractivity contribution in [3.8, 4) is 11.5 Å². The van der Waals surface area contributed by atoms with Crippen molar-refractivity contribution in [3.05, 3.63) is 47.0 Å². The molecular formula is C17H15ClO2. The molecule has 0 saturated carbocycles. The monoisotopic (exact) mass is 286 g/mol. The largest absolute Gasteiger partial charge is 0.493 e. The van der Waals surface area contributed by atoms with Crippen LogP contribution in [0.25, 0.3) is 21.5 Å². The number of fused-ring (bicyclic) bond motifs is 3. The minimum atomic E-state index is 0.734. The third-order valence-corrected chi connectivity index (χ3v) is 4.17. The van der Waals surface area contributed by atoms with E-state index in [4.69, 9.17) is 21.1 Å². The van der Waals surface area contributed by atoms with Gasteiger partial charge in [-0.1, -0.05) is 29.8 Å². The summed E-state index contributed by atoms with van der Waals surface area (Å²) in [6.07, 6.45) is 0. The number of benzene rings is 3. The fourth-order valence-electron chi connectivity index (χ4n) is 2.62. The van der Waals surface area contributed by atoms with E-state index in [1.807, 2.05) is 37.3 Å². The summed E-state index contributed by atoms with van der Waals surface area (Å²) < 4.78 is 10.8. The summed E-state index contributed by atoms with van der Waals surface area (Å²) in [6, 6.07) is 12.2. The second kappa shape index (κ2) is 4.88. The zero-order valence-corrected chi connectivity index (χ0v) is 12.4. The van der Waals surface area contributed by atoms with Gasteiger partial charge in [0.2, 0.25) is 0 Å². The molecule has 3 rings (SSSR count). The topological polar surface area (TPSA) is 18.5 Å². The molecule has 0 bridgehead atoms. The van der Waals surface area contributed by atoms with Crippen molar-refractivity contribution in [1.82, 2.24) is 0 Å². The van der Waals surface area contributed by atoms with Crippen molar-refractivity contribution < 1.29 is 9.47 Å². The average Bonchev–Trinajstić information content (AvgIpc) is 2.49. The minimum absolute atomic E-state index is 0.734. The Morgan fingerprint density at radius 3 is 2.05 bits per heavy atom. The molecule has 0 spiro atoms. The number of hydrogen-bond acceptors (Lipinski definition) is 2. The molecule has 0 radical (unpaired) electrons. The lowest BCUT2D eigenvalue weighted by Crippen LogP contribution is -1.92. The number of hydrogen-bond donors (Lipinski definition) is 0. The highest BCUT2D eigenvalue weighted by atomic mass is 35.5. The number of rotatable bonds is 2. The molecule has 3 aromatic carbocycles. The van der Waals surface area contributed by atoms with Crippen molar-refractivity contribution in [2.45, 2.75) is 6.92 Å². The first-order valence-electron chi connectivity index (χ1n) is 6.40. The quantitative estimate of drug-likeness (QED) is 0.619. The van der Waals surface area contributed by atoms with Gasteiger partial charge in [0.1, 0.15) is 0 Å². The maximum absolute atomic E-state index is 6.40. The summed E-state index contributed by atoms with van der Waals surface area (Å²) in [5, 5.41) is 5.13. The van der Waals surface area contributed by atoms with E-state index in [9.17, 15) is 0 Å². The summed E-state index contributed by atoms with van der Waals surface area (Å²) in [5.41, 5.74) is 1.08. The van der Waals surface area contributed by atoms with Crippen LogP contribution in [0, 0.1) is 6.92 Å². The third kappa shape index (κ3) is 1.80. The van der Waals surface area contributed by atoms with E-state index in [1.165, 1.54) is 0 Å². The summed E-state index contributed by atoms with van der Waals surface area (Å²) in [4.78, 5) is 0. The van der Waals surface area contributed by atoms with Crippen LogP contribution in [0.2, 0.25) is 5.02 Å². The Morgan fingerprint density at radius 2 is 1.35 bits per heavy atom. The van der Waals surface area contributed by atoms with Crippen LogP contribution in [-0.2, 0) is 0 Å². The summed E-state index contributed by atoms with van der Waals surface area (Å²) in [6.45, 7) is 2.01. The van der Waals surface area contributed by atoms with Crippen LogP contribution in [0.4, 0.5) is 0 Å². The lowest BCUT2D eigenvalue weighted by Gasteiger charge is -2.13. The maximum Gasteiger partial charge on any atom is 0.168 e. The van der Waals surface area contributed by atoms with Gasteiger partial charge in [0, 0.05) is 10.8 Å². The van der Waals surface area contributed by atoms with Gasteiger partial charge in [-0.3, -0.25) is 0 Å². The molecule has 0 aromatic heterocycles. The second-order valence-corrected chi connectivity index (χ2v) is 5.13. The van der Waals surface area contributed by atoms with Crippen LogP contribution in [0.3, 0.4) is 0 Å². The van der Waals surface area contributed by atoms with Crippen LogP contribution in [-0.4, -0.2) is 14.2 Å². The first-order valence-corrected chi connectivity index (χ1v) is 6.77. The smallest absolute Gasteiger partial charge is 0.168 e. The molecule has 3 heteroatoms.